The van der Waals surface area contributed by atoms with Crippen molar-refractivity contribution in [3.63, 3.8) is 0 Å². The number of carboxylic acid groups (broad SMARTS) is 1. The Morgan fingerprint density at radius 3 is 2.54 bits per heavy atom. The molecule has 1 heterocycles. The van der Waals surface area contributed by atoms with Crippen molar-refractivity contribution < 1.29 is 14.3 Å². The molecule has 1 aromatic heterocycles. The monoisotopic (exact) mass is 386 g/mol. The van der Waals surface area contributed by atoms with E-state index in [0.29, 0.717) is 17.9 Å². The molecule has 0 unspecified atom stereocenters. The molecule has 3 aromatic rings. The molecule has 3 rings (SSSR count). The van der Waals surface area contributed by atoms with Crippen molar-refractivity contribution in [3.8, 4) is 11.3 Å². The Labute approximate surface area is 147 Å². The van der Waals surface area contributed by atoms with Crippen molar-refractivity contribution in [2.75, 3.05) is 0 Å². The minimum absolute atomic E-state index is 0.489. The van der Waals surface area contributed by atoms with E-state index in [1.54, 1.807) is 0 Å². The standard InChI is InChI=1S/C18H15BrN2O3/c19-14-8-6-13(7-9-14)17-16(20-11-24-17)15(21-18(22)23)10-12-4-2-1-3-5-12/h1-9,11,15,21H,10H2,(H,22,23)/t15-/m1/s1. The van der Waals surface area contributed by atoms with Crippen molar-refractivity contribution in [2.24, 2.45) is 0 Å². The third kappa shape index (κ3) is 3.83. The first-order chi connectivity index (χ1) is 11.6. The normalized spacial score (nSPS) is 11.9. The van der Waals surface area contributed by atoms with Gasteiger partial charge in [-0.05, 0) is 24.1 Å². The molecule has 1 atom stereocenters. The number of hydrogen-bond acceptors (Lipinski definition) is 3. The predicted molar refractivity (Wildman–Crippen MR) is 93.7 cm³/mol. The van der Waals surface area contributed by atoms with Gasteiger partial charge in [-0.15, -0.1) is 0 Å². The number of benzene rings is 2. The van der Waals surface area contributed by atoms with Crippen LogP contribution in [0.15, 0.2) is 69.9 Å². The maximum atomic E-state index is 11.2. The molecule has 0 saturated heterocycles. The van der Waals surface area contributed by atoms with Crippen LogP contribution in [0.2, 0.25) is 0 Å². The number of hydrogen-bond donors (Lipinski definition) is 2. The summed E-state index contributed by atoms with van der Waals surface area (Å²) in [5, 5.41) is 11.7. The second kappa shape index (κ2) is 7.31. The highest BCUT2D eigenvalue weighted by molar-refractivity contribution is 9.10. The van der Waals surface area contributed by atoms with Crippen LogP contribution in [0.1, 0.15) is 17.3 Å². The topological polar surface area (TPSA) is 75.4 Å². The number of amides is 1. The van der Waals surface area contributed by atoms with Crippen molar-refractivity contribution in [1.82, 2.24) is 10.3 Å². The van der Waals surface area contributed by atoms with Crippen LogP contribution < -0.4 is 5.32 Å². The van der Waals surface area contributed by atoms with Crippen LogP contribution in [0.25, 0.3) is 11.3 Å². The molecular weight excluding hydrogens is 372 g/mol. The first-order valence-corrected chi connectivity index (χ1v) is 8.15. The average Bonchev–Trinajstić information content (AvgIpc) is 3.05. The molecular formula is C18H15BrN2O3. The Bertz CT molecular complexity index is 816. The summed E-state index contributed by atoms with van der Waals surface area (Å²) in [6, 6.07) is 16.8. The third-order valence-corrected chi connectivity index (χ3v) is 4.14. The second-order valence-corrected chi connectivity index (χ2v) is 6.18. The lowest BCUT2D eigenvalue weighted by Crippen LogP contribution is -2.29. The number of nitrogens with one attached hydrogen (secondary N) is 1. The van der Waals surface area contributed by atoms with Crippen LogP contribution in [0.5, 0.6) is 0 Å². The van der Waals surface area contributed by atoms with E-state index >= 15 is 0 Å². The lowest BCUT2D eigenvalue weighted by atomic mass is 10.00. The van der Waals surface area contributed by atoms with Crippen molar-refractivity contribution >= 4 is 22.0 Å². The van der Waals surface area contributed by atoms with E-state index in [1.165, 1.54) is 6.39 Å². The van der Waals surface area contributed by atoms with Gasteiger partial charge in [-0.2, -0.15) is 0 Å². The molecule has 0 radical (unpaired) electrons. The van der Waals surface area contributed by atoms with E-state index in [1.807, 2.05) is 54.6 Å². The number of aromatic nitrogens is 1. The molecule has 0 aliphatic carbocycles. The van der Waals surface area contributed by atoms with Gasteiger partial charge < -0.3 is 14.8 Å². The summed E-state index contributed by atoms with van der Waals surface area (Å²) in [5.74, 6) is 0.567. The fourth-order valence-corrected chi connectivity index (χ4v) is 2.80. The van der Waals surface area contributed by atoms with Crippen molar-refractivity contribution in [2.45, 2.75) is 12.5 Å². The van der Waals surface area contributed by atoms with Gasteiger partial charge in [-0.3, -0.25) is 0 Å². The summed E-state index contributed by atoms with van der Waals surface area (Å²) in [5.41, 5.74) is 2.43. The lowest BCUT2D eigenvalue weighted by molar-refractivity contribution is 0.189. The van der Waals surface area contributed by atoms with E-state index in [0.717, 1.165) is 15.6 Å². The fourth-order valence-electron chi connectivity index (χ4n) is 2.54. The lowest BCUT2D eigenvalue weighted by Gasteiger charge is -2.16. The Morgan fingerprint density at radius 1 is 1.17 bits per heavy atom. The molecule has 0 saturated carbocycles. The van der Waals surface area contributed by atoms with Crippen LogP contribution in [0.4, 0.5) is 4.79 Å². The smallest absolute Gasteiger partial charge is 0.405 e. The molecule has 6 heteroatoms. The number of carbonyl (C=O) groups is 1. The SMILES string of the molecule is O=C(O)N[C@H](Cc1ccccc1)c1ncoc1-c1ccc(Br)cc1. The minimum Gasteiger partial charge on any atom is -0.465 e. The van der Waals surface area contributed by atoms with Crippen LogP contribution in [-0.4, -0.2) is 16.2 Å². The van der Waals surface area contributed by atoms with E-state index in [9.17, 15) is 9.90 Å². The highest BCUT2D eigenvalue weighted by Crippen LogP contribution is 2.30. The number of oxazole rings is 1. The van der Waals surface area contributed by atoms with E-state index in [4.69, 9.17) is 4.42 Å². The van der Waals surface area contributed by atoms with Crippen LogP contribution >= 0.6 is 15.9 Å². The maximum absolute atomic E-state index is 11.2. The maximum Gasteiger partial charge on any atom is 0.405 e. The summed E-state index contributed by atoms with van der Waals surface area (Å²) < 4.78 is 6.49. The van der Waals surface area contributed by atoms with Gasteiger partial charge in [-0.25, -0.2) is 9.78 Å². The number of nitrogens with zero attached hydrogens (tertiary/aromatic N) is 1. The zero-order chi connectivity index (χ0) is 16.9. The largest absolute Gasteiger partial charge is 0.465 e. The van der Waals surface area contributed by atoms with Gasteiger partial charge in [0, 0.05) is 10.0 Å². The fraction of sp³-hybridized carbons (Fsp3) is 0.111. The van der Waals surface area contributed by atoms with E-state index in [-0.39, 0.29) is 0 Å². The minimum atomic E-state index is -1.10. The molecule has 0 aliphatic heterocycles. The van der Waals surface area contributed by atoms with E-state index < -0.39 is 12.1 Å². The predicted octanol–water partition coefficient (Wildman–Crippen LogP) is 4.66. The van der Waals surface area contributed by atoms with Crippen molar-refractivity contribution in [3.05, 3.63) is 76.7 Å². The van der Waals surface area contributed by atoms with Gasteiger partial charge >= 0.3 is 6.09 Å². The zero-order valence-corrected chi connectivity index (χ0v) is 14.2. The Hall–Kier alpha value is -2.60. The molecule has 0 bridgehead atoms. The summed E-state index contributed by atoms with van der Waals surface area (Å²) in [6.07, 6.45) is 0.734. The Balaban J connectivity index is 1.95. The van der Waals surface area contributed by atoms with Gasteiger partial charge in [0.2, 0.25) is 0 Å². The van der Waals surface area contributed by atoms with Crippen LogP contribution in [-0.2, 0) is 6.42 Å². The summed E-state index contributed by atoms with van der Waals surface area (Å²) in [6.45, 7) is 0. The van der Waals surface area contributed by atoms with Gasteiger partial charge in [0.1, 0.15) is 5.69 Å². The molecule has 2 N–H and O–H groups in total. The Kier molecular flexibility index (Phi) is 4.96. The molecule has 0 aliphatic rings. The summed E-state index contributed by atoms with van der Waals surface area (Å²) >= 11 is 3.40. The molecule has 2 aromatic carbocycles. The molecule has 0 spiro atoms. The third-order valence-electron chi connectivity index (χ3n) is 3.61. The number of halogens is 1. The van der Waals surface area contributed by atoms with Crippen molar-refractivity contribution in [1.29, 1.82) is 0 Å². The van der Waals surface area contributed by atoms with Gasteiger partial charge in [0.15, 0.2) is 12.2 Å². The molecule has 0 fully saturated rings. The first kappa shape index (κ1) is 16.3. The van der Waals surface area contributed by atoms with Crippen LogP contribution in [0, 0.1) is 0 Å². The molecule has 122 valence electrons. The van der Waals surface area contributed by atoms with Gasteiger partial charge in [0.25, 0.3) is 0 Å². The molecule has 1 amide bonds. The average molecular weight is 387 g/mol. The van der Waals surface area contributed by atoms with Crippen LogP contribution in [0.3, 0.4) is 0 Å². The molecule has 5 nitrogen and oxygen atoms in total. The quantitative estimate of drug-likeness (QED) is 0.668. The van der Waals surface area contributed by atoms with Gasteiger partial charge in [-0.1, -0.05) is 58.4 Å². The zero-order valence-electron chi connectivity index (χ0n) is 12.6. The van der Waals surface area contributed by atoms with Gasteiger partial charge in [0.05, 0.1) is 6.04 Å². The summed E-state index contributed by atoms with van der Waals surface area (Å²) in [7, 11) is 0. The summed E-state index contributed by atoms with van der Waals surface area (Å²) in [4.78, 5) is 15.5. The van der Waals surface area contributed by atoms with E-state index in [2.05, 4.69) is 26.2 Å². The Morgan fingerprint density at radius 2 is 1.88 bits per heavy atom. The highest BCUT2D eigenvalue weighted by atomic mass is 79.9. The first-order valence-electron chi connectivity index (χ1n) is 7.36. The second-order valence-electron chi connectivity index (χ2n) is 5.27. The highest BCUT2D eigenvalue weighted by Gasteiger charge is 2.23. The number of rotatable bonds is 5. The molecule has 24 heavy (non-hydrogen) atoms.